The van der Waals surface area contributed by atoms with Crippen molar-refractivity contribution in [1.29, 1.82) is 0 Å². The predicted octanol–water partition coefficient (Wildman–Crippen LogP) is 3.86. The van der Waals surface area contributed by atoms with Crippen molar-refractivity contribution in [2.45, 2.75) is 12.5 Å². The van der Waals surface area contributed by atoms with Gasteiger partial charge in [-0.15, -0.1) is 0 Å². The van der Waals surface area contributed by atoms with E-state index in [9.17, 15) is 9.90 Å². The summed E-state index contributed by atoms with van der Waals surface area (Å²) >= 11 is 0. The lowest BCUT2D eigenvalue weighted by atomic mass is 9.89. The van der Waals surface area contributed by atoms with Gasteiger partial charge in [-0.25, -0.2) is 4.98 Å². The molecule has 0 fully saturated rings. The summed E-state index contributed by atoms with van der Waals surface area (Å²) in [5, 5.41) is 27.2. The molecule has 0 radical (unpaired) electrons. The number of hydrogen-bond acceptors (Lipinski definition) is 7. The second-order valence-corrected chi connectivity index (χ2v) is 7.61. The summed E-state index contributed by atoms with van der Waals surface area (Å²) in [4.78, 5) is 18.0. The van der Waals surface area contributed by atoms with Crippen LogP contribution in [0.4, 0.5) is 5.82 Å². The van der Waals surface area contributed by atoms with Crippen LogP contribution in [0.1, 0.15) is 16.8 Å². The standard InChI is InChI=1S/C25H19N5O3/c1-16-13-21(19-15-26-29-20-10-6-5-9-18(19)20)27-23(14-16)28-24(31)25(32,22-11-12-33-30-22)17-7-3-2-4-8-17/h2-15,32H,1H3,(H,27,28,31)/t25-/m1/s1. The van der Waals surface area contributed by atoms with Crippen molar-refractivity contribution in [1.82, 2.24) is 20.3 Å². The third-order valence-corrected chi connectivity index (χ3v) is 5.36. The Labute approximate surface area is 188 Å². The van der Waals surface area contributed by atoms with Crippen molar-refractivity contribution < 1.29 is 14.4 Å². The first-order chi connectivity index (χ1) is 16.1. The zero-order valence-electron chi connectivity index (χ0n) is 17.6. The molecule has 8 nitrogen and oxygen atoms in total. The fraction of sp³-hybridized carbons (Fsp3) is 0.0800. The molecule has 0 saturated heterocycles. The van der Waals surface area contributed by atoms with Gasteiger partial charge in [0, 0.05) is 17.0 Å². The van der Waals surface area contributed by atoms with Gasteiger partial charge in [0.15, 0.2) is 0 Å². The number of rotatable bonds is 5. The third kappa shape index (κ3) is 3.72. The highest BCUT2D eigenvalue weighted by Crippen LogP contribution is 2.31. The second-order valence-electron chi connectivity index (χ2n) is 7.61. The highest BCUT2D eigenvalue weighted by Gasteiger charge is 2.42. The molecular formula is C25H19N5O3. The lowest BCUT2D eigenvalue weighted by molar-refractivity contribution is -0.131. The third-order valence-electron chi connectivity index (χ3n) is 5.36. The maximum Gasteiger partial charge on any atom is 0.268 e. The predicted molar refractivity (Wildman–Crippen MR) is 122 cm³/mol. The van der Waals surface area contributed by atoms with E-state index < -0.39 is 11.5 Å². The fourth-order valence-electron chi connectivity index (χ4n) is 3.76. The molecule has 1 amide bonds. The molecule has 5 rings (SSSR count). The van der Waals surface area contributed by atoms with Gasteiger partial charge in [0.1, 0.15) is 17.8 Å². The Hall–Kier alpha value is -4.43. The number of fused-ring (bicyclic) bond motifs is 1. The van der Waals surface area contributed by atoms with E-state index in [1.54, 1.807) is 42.6 Å². The van der Waals surface area contributed by atoms with Gasteiger partial charge in [-0.05, 0) is 36.2 Å². The number of hydrogen-bond donors (Lipinski definition) is 2. The first kappa shape index (κ1) is 20.5. The number of aliphatic hydroxyl groups is 1. The van der Waals surface area contributed by atoms with Gasteiger partial charge in [0.05, 0.1) is 17.4 Å². The minimum Gasteiger partial charge on any atom is -0.370 e. The molecule has 8 heteroatoms. The number of carbonyl (C=O) groups excluding carboxylic acids is 1. The van der Waals surface area contributed by atoms with Crippen LogP contribution in [0, 0.1) is 6.92 Å². The molecule has 0 aliphatic carbocycles. The summed E-state index contributed by atoms with van der Waals surface area (Å²) in [6, 6.07) is 21.3. The second kappa shape index (κ2) is 8.25. The Bertz CT molecular complexity index is 1430. The maximum absolute atomic E-state index is 13.4. The van der Waals surface area contributed by atoms with Crippen LogP contribution in [-0.4, -0.2) is 31.4 Å². The first-order valence-corrected chi connectivity index (χ1v) is 10.3. The molecule has 3 aromatic heterocycles. The van der Waals surface area contributed by atoms with Gasteiger partial charge in [-0.2, -0.15) is 10.2 Å². The van der Waals surface area contributed by atoms with Crippen molar-refractivity contribution in [3.05, 3.63) is 102 Å². The zero-order chi connectivity index (χ0) is 22.8. The molecule has 1 atom stereocenters. The monoisotopic (exact) mass is 437 g/mol. The zero-order valence-corrected chi connectivity index (χ0v) is 17.6. The minimum absolute atomic E-state index is 0.0726. The number of anilines is 1. The summed E-state index contributed by atoms with van der Waals surface area (Å²) < 4.78 is 4.90. The maximum atomic E-state index is 13.4. The number of benzene rings is 2. The number of aryl methyl sites for hydroxylation is 1. The van der Waals surface area contributed by atoms with Gasteiger partial charge in [-0.3, -0.25) is 4.79 Å². The normalized spacial score (nSPS) is 12.9. The van der Waals surface area contributed by atoms with E-state index in [1.165, 1.54) is 12.3 Å². The number of nitrogens with zero attached hydrogens (tertiary/aromatic N) is 4. The number of carbonyl (C=O) groups is 1. The topological polar surface area (TPSA) is 114 Å². The van der Waals surface area contributed by atoms with Crippen LogP contribution in [0.2, 0.25) is 0 Å². The van der Waals surface area contributed by atoms with Crippen LogP contribution in [-0.2, 0) is 10.4 Å². The van der Waals surface area contributed by atoms with E-state index in [1.807, 2.05) is 37.3 Å². The van der Waals surface area contributed by atoms with E-state index >= 15 is 0 Å². The van der Waals surface area contributed by atoms with Crippen LogP contribution in [0.5, 0.6) is 0 Å². The van der Waals surface area contributed by atoms with Crippen molar-refractivity contribution in [2.75, 3.05) is 5.32 Å². The van der Waals surface area contributed by atoms with Crippen LogP contribution in [0.3, 0.4) is 0 Å². The van der Waals surface area contributed by atoms with Gasteiger partial charge in [-0.1, -0.05) is 53.7 Å². The van der Waals surface area contributed by atoms with Gasteiger partial charge >= 0.3 is 0 Å². The smallest absolute Gasteiger partial charge is 0.268 e. The minimum atomic E-state index is -2.06. The highest BCUT2D eigenvalue weighted by atomic mass is 16.5. The number of nitrogens with one attached hydrogen (secondary N) is 1. The van der Waals surface area contributed by atoms with Crippen molar-refractivity contribution in [2.24, 2.45) is 0 Å². The molecular weight excluding hydrogens is 418 g/mol. The van der Waals surface area contributed by atoms with Crippen LogP contribution in [0.15, 0.2) is 89.8 Å². The molecule has 162 valence electrons. The van der Waals surface area contributed by atoms with Crippen molar-refractivity contribution in [3.8, 4) is 11.3 Å². The molecule has 0 unspecified atom stereocenters. The van der Waals surface area contributed by atoms with Crippen molar-refractivity contribution >= 4 is 22.6 Å². The van der Waals surface area contributed by atoms with Crippen LogP contribution in [0.25, 0.3) is 22.2 Å². The molecule has 0 spiro atoms. The van der Waals surface area contributed by atoms with E-state index in [4.69, 9.17) is 4.52 Å². The molecule has 2 aromatic carbocycles. The SMILES string of the molecule is Cc1cc(NC(=O)[C@@](O)(c2ccccc2)c2ccon2)nc(-c2cnnc3ccccc23)c1. The van der Waals surface area contributed by atoms with Gasteiger partial charge in [0.2, 0.25) is 5.60 Å². The summed E-state index contributed by atoms with van der Waals surface area (Å²) in [7, 11) is 0. The largest absolute Gasteiger partial charge is 0.370 e. The van der Waals surface area contributed by atoms with Crippen LogP contribution < -0.4 is 5.32 Å². The first-order valence-electron chi connectivity index (χ1n) is 10.3. The Morgan fingerprint density at radius 2 is 1.82 bits per heavy atom. The summed E-state index contributed by atoms with van der Waals surface area (Å²) in [6.45, 7) is 1.90. The summed E-state index contributed by atoms with van der Waals surface area (Å²) in [5.41, 5.74) is 1.40. The quantitative estimate of drug-likeness (QED) is 0.429. The molecule has 3 heterocycles. The Balaban J connectivity index is 1.55. The van der Waals surface area contributed by atoms with E-state index in [0.717, 1.165) is 22.0 Å². The average Bonchev–Trinajstić information content (AvgIpc) is 3.39. The molecule has 33 heavy (non-hydrogen) atoms. The lowest BCUT2D eigenvalue weighted by Crippen LogP contribution is -2.41. The number of aromatic nitrogens is 4. The van der Waals surface area contributed by atoms with E-state index in [-0.39, 0.29) is 11.5 Å². The van der Waals surface area contributed by atoms with Crippen molar-refractivity contribution in [3.63, 3.8) is 0 Å². The Morgan fingerprint density at radius 1 is 1.03 bits per heavy atom. The Kier molecular flexibility index (Phi) is 5.12. The van der Waals surface area contributed by atoms with E-state index in [0.29, 0.717) is 11.3 Å². The summed E-state index contributed by atoms with van der Waals surface area (Å²) in [6.07, 6.45) is 2.95. The van der Waals surface area contributed by atoms with Crippen LogP contribution >= 0.6 is 0 Å². The molecule has 2 N–H and O–H groups in total. The lowest BCUT2D eigenvalue weighted by Gasteiger charge is -2.25. The summed E-state index contributed by atoms with van der Waals surface area (Å²) in [5.74, 6) is -0.418. The number of amides is 1. The number of pyridine rings is 1. The van der Waals surface area contributed by atoms with E-state index in [2.05, 4.69) is 25.7 Å². The Morgan fingerprint density at radius 3 is 2.61 bits per heavy atom. The van der Waals surface area contributed by atoms with Gasteiger partial charge in [0.25, 0.3) is 5.91 Å². The molecule has 0 aliphatic rings. The average molecular weight is 437 g/mol. The molecule has 0 saturated carbocycles. The molecule has 0 aliphatic heterocycles. The highest BCUT2D eigenvalue weighted by molar-refractivity contribution is 6.00. The molecule has 5 aromatic rings. The van der Waals surface area contributed by atoms with Gasteiger partial charge < -0.3 is 14.9 Å². The fourth-order valence-corrected chi connectivity index (χ4v) is 3.76. The molecule has 0 bridgehead atoms.